The molecule has 0 spiro atoms. The van der Waals surface area contributed by atoms with Gasteiger partial charge in [0.25, 0.3) is 0 Å². The first-order valence-corrected chi connectivity index (χ1v) is 10.9. The highest BCUT2D eigenvalue weighted by molar-refractivity contribution is 7.03. The Morgan fingerprint density at radius 2 is 2.17 bits per heavy atom. The zero-order valence-electron chi connectivity index (χ0n) is 16.7. The molecular weight excluding hydrogens is 402 g/mol. The van der Waals surface area contributed by atoms with E-state index in [2.05, 4.69) is 34.8 Å². The quantitative estimate of drug-likeness (QED) is 0.571. The third-order valence-electron chi connectivity index (χ3n) is 5.44. The van der Waals surface area contributed by atoms with Crippen molar-refractivity contribution >= 4 is 17.5 Å². The highest BCUT2D eigenvalue weighted by Gasteiger charge is 2.34. The first kappa shape index (κ1) is 19.3. The van der Waals surface area contributed by atoms with Gasteiger partial charge in [0.2, 0.25) is 5.95 Å². The molecule has 3 aromatic rings. The molecule has 1 saturated carbocycles. The molecule has 30 heavy (non-hydrogen) atoms. The monoisotopic (exact) mass is 425 g/mol. The zero-order chi connectivity index (χ0) is 20.3. The number of ether oxygens (including phenoxy) is 2. The van der Waals surface area contributed by atoms with Crippen LogP contribution in [0.3, 0.4) is 0 Å². The summed E-state index contributed by atoms with van der Waals surface area (Å²) < 4.78 is 15.2. The van der Waals surface area contributed by atoms with Crippen LogP contribution in [-0.4, -0.2) is 64.1 Å². The molecule has 1 aliphatic heterocycles. The fourth-order valence-electron chi connectivity index (χ4n) is 3.72. The molecule has 1 N–H and O–H groups in total. The number of methoxy groups -OCH3 is 1. The summed E-state index contributed by atoms with van der Waals surface area (Å²) in [4.78, 5) is 11.1. The van der Waals surface area contributed by atoms with Crippen molar-refractivity contribution in [3.8, 4) is 28.4 Å². The van der Waals surface area contributed by atoms with Crippen molar-refractivity contribution in [3.63, 3.8) is 0 Å². The molecule has 10 heteroatoms. The lowest BCUT2D eigenvalue weighted by Crippen LogP contribution is -2.52. The fraction of sp³-hybridized carbons (Fsp3) is 0.450. The summed E-state index contributed by atoms with van der Waals surface area (Å²) in [6.07, 6.45) is 4.40. The number of hydrogen-bond acceptors (Lipinski definition) is 10. The molecule has 0 unspecified atom stereocenters. The number of rotatable bonds is 7. The maximum absolute atomic E-state index is 5.78. The van der Waals surface area contributed by atoms with Gasteiger partial charge in [-0.15, -0.1) is 10.2 Å². The topological polar surface area (TPSA) is 98.2 Å². The Hall–Kier alpha value is -2.69. The largest absolute Gasteiger partial charge is 0.467 e. The minimum Gasteiger partial charge on any atom is -0.467 e. The first-order valence-electron chi connectivity index (χ1n) is 10.0. The van der Waals surface area contributed by atoms with E-state index in [4.69, 9.17) is 9.47 Å². The number of nitrogens with zero attached hydrogens (tertiary/aromatic N) is 6. The van der Waals surface area contributed by atoms with Gasteiger partial charge in [-0.3, -0.25) is 0 Å². The molecule has 2 aromatic heterocycles. The highest BCUT2D eigenvalue weighted by atomic mass is 32.1. The van der Waals surface area contributed by atoms with Gasteiger partial charge in [-0.05, 0) is 42.4 Å². The number of anilines is 1. The van der Waals surface area contributed by atoms with Gasteiger partial charge in [-0.25, -0.2) is 9.97 Å². The molecule has 5 rings (SSSR count). The van der Waals surface area contributed by atoms with E-state index in [-0.39, 0.29) is 6.79 Å². The molecule has 156 valence electrons. The summed E-state index contributed by atoms with van der Waals surface area (Å²) in [6, 6.07) is 6.30. The third-order valence-corrected chi connectivity index (χ3v) is 5.92. The summed E-state index contributed by atoms with van der Waals surface area (Å²) in [5.41, 5.74) is 4.03. The zero-order valence-corrected chi connectivity index (χ0v) is 17.5. The Balaban J connectivity index is 1.39. The van der Waals surface area contributed by atoms with Crippen LogP contribution in [0.5, 0.6) is 5.75 Å². The van der Waals surface area contributed by atoms with Gasteiger partial charge in [-0.1, -0.05) is 6.07 Å². The van der Waals surface area contributed by atoms with E-state index in [0.29, 0.717) is 29.3 Å². The Morgan fingerprint density at radius 1 is 1.23 bits per heavy atom. The van der Waals surface area contributed by atoms with Crippen LogP contribution in [0.25, 0.3) is 22.6 Å². The number of nitrogens with one attached hydrogen (secondary N) is 1. The van der Waals surface area contributed by atoms with Crippen molar-refractivity contribution in [1.29, 1.82) is 0 Å². The SMILES string of the molecule is COCOc1cc(-c2ncsn2)ccc1-c1cnc(N2CCN[C@@H](C3CC3)C2)nn1. The predicted molar refractivity (Wildman–Crippen MR) is 113 cm³/mol. The van der Waals surface area contributed by atoms with Gasteiger partial charge in [0, 0.05) is 43.9 Å². The Morgan fingerprint density at radius 3 is 2.90 bits per heavy atom. The molecule has 1 atom stereocenters. The number of piperazine rings is 1. The fourth-order valence-corrected chi connectivity index (χ4v) is 4.17. The second-order valence-electron chi connectivity index (χ2n) is 7.50. The van der Waals surface area contributed by atoms with Crippen molar-refractivity contribution in [3.05, 3.63) is 29.9 Å². The van der Waals surface area contributed by atoms with Gasteiger partial charge in [-0.2, -0.15) is 4.37 Å². The number of benzene rings is 1. The summed E-state index contributed by atoms with van der Waals surface area (Å²) in [7, 11) is 1.59. The van der Waals surface area contributed by atoms with E-state index in [9.17, 15) is 0 Å². The summed E-state index contributed by atoms with van der Waals surface area (Å²) in [6.45, 7) is 2.90. The van der Waals surface area contributed by atoms with Crippen molar-refractivity contribution in [2.45, 2.75) is 18.9 Å². The van der Waals surface area contributed by atoms with Crippen LogP contribution in [0.4, 0.5) is 5.95 Å². The summed E-state index contributed by atoms with van der Waals surface area (Å²) in [5, 5.41) is 12.5. The standard InChI is InChI=1S/C20H23N7O2S/c1-28-12-29-18-8-14(19-23-11-30-26-19)4-5-15(18)16-9-22-20(25-24-16)27-7-6-21-17(10-27)13-2-3-13/h4-5,8-9,11,13,17,21H,2-3,6-7,10,12H2,1H3/t17-/m1/s1. The molecule has 9 nitrogen and oxygen atoms in total. The molecule has 1 aromatic carbocycles. The molecule has 1 aliphatic carbocycles. The lowest BCUT2D eigenvalue weighted by Gasteiger charge is -2.33. The molecule has 0 radical (unpaired) electrons. The van der Waals surface area contributed by atoms with Crippen LogP contribution in [0.15, 0.2) is 29.9 Å². The van der Waals surface area contributed by atoms with Gasteiger partial charge in [0.1, 0.15) is 17.0 Å². The van der Waals surface area contributed by atoms with Crippen LogP contribution >= 0.6 is 11.5 Å². The highest BCUT2D eigenvalue weighted by Crippen LogP contribution is 2.35. The van der Waals surface area contributed by atoms with Crippen molar-refractivity contribution in [2.24, 2.45) is 5.92 Å². The minimum atomic E-state index is 0.128. The van der Waals surface area contributed by atoms with Crippen molar-refractivity contribution < 1.29 is 9.47 Å². The Bertz CT molecular complexity index is 979. The van der Waals surface area contributed by atoms with E-state index in [1.807, 2.05) is 18.2 Å². The minimum absolute atomic E-state index is 0.128. The van der Waals surface area contributed by atoms with Crippen LogP contribution < -0.4 is 15.0 Å². The van der Waals surface area contributed by atoms with Crippen molar-refractivity contribution in [2.75, 3.05) is 38.4 Å². The van der Waals surface area contributed by atoms with E-state index in [1.165, 1.54) is 24.4 Å². The van der Waals surface area contributed by atoms with Gasteiger partial charge in [0.05, 0.1) is 6.20 Å². The Kier molecular flexibility index (Phi) is 5.52. The molecule has 1 saturated heterocycles. The molecule has 0 bridgehead atoms. The molecule has 2 aliphatic rings. The van der Waals surface area contributed by atoms with Gasteiger partial charge < -0.3 is 19.7 Å². The molecule has 3 heterocycles. The van der Waals surface area contributed by atoms with Crippen LogP contribution in [-0.2, 0) is 4.74 Å². The summed E-state index contributed by atoms with van der Waals surface area (Å²) >= 11 is 1.31. The molecule has 2 fully saturated rings. The number of hydrogen-bond donors (Lipinski definition) is 1. The van der Waals surface area contributed by atoms with E-state index in [0.717, 1.165) is 36.7 Å². The van der Waals surface area contributed by atoms with E-state index >= 15 is 0 Å². The summed E-state index contributed by atoms with van der Waals surface area (Å²) in [5.74, 6) is 2.76. The maximum atomic E-state index is 5.78. The Labute approximate surface area is 178 Å². The van der Waals surface area contributed by atoms with Crippen LogP contribution in [0.1, 0.15) is 12.8 Å². The van der Waals surface area contributed by atoms with E-state index in [1.54, 1.807) is 18.8 Å². The smallest absolute Gasteiger partial charge is 0.245 e. The molecule has 0 amide bonds. The predicted octanol–water partition coefficient (Wildman–Crippen LogP) is 2.23. The lowest BCUT2D eigenvalue weighted by molar-refractivity contribution is 0.0515. The van der Waals surface area contributed by atoms with Gasteiger partial charge in [0.15, 0.2) is 12.6 Å². The third kappa shape index (κ3) is 4.11. The van der Waals surface area contributed by atoms with Crippen LogP contribution in [0.2, 0.25) is 0 Å². The first-order chi connectivity index (χ1) is 14.8. The lowest BCUT2D eigenvalue weighted by atomic mass is 10.1. The van der Waals surface area contributed by atoms with E-state index < -0.39 is 0 Å². The second-order valence-corrected chi connectivity index (χ2v) is 8.11. The average Bonchev–Trinajstić information content (AvgIpc) is 3.52. The second kappa shape index (κ2) is 8.58. The number of aromatic nitrogens is 5. The normalized spacial score (nSPS) is 19.1. The van der Waals surface area contributed by atoms with Crippen LogP contribution in [0, 0.1) is 5.92 Å². The maximum Gasteiger partial charge on any atom is 0.245 e. The van der Waals surface area contributed by atoms with Crippen molar-refractivity contribution in [1.82, 2.24) is 29.9 Å². The molecular formula is C20H23N7O2S. The average molecular weight is 426 g/mol. The van der Waals surface area contributed by atoms with Gasteiger partial charge >= 0.3 is 0 Å².